The molecule has 1 amide bonds. The van der Waals surface area contributed by atoms with Gasteiger partial charge in [0.15, 0.2) is 5.69 Å². The maximum Gasteiger partial charge on any atom is 0.360 e. The molecule has 0 saturated heterocycles. The Morgan fingerprint density at radius 2 is 2.18 bits per heavy atom. The number of hydrogen-bond acceptors (Lipinski definition) is 5. The van der Waals surface area contributed by atoms with E-state index in [2.05, 4.69) is 20.3 Å². The van der Waals surface area contributed by atoms with Crippen molar-refractivity contribution in [3.05, 3.63) is 29.3 Å². The van der Waals surface area contributed by atoms with Gasteiger partial charge in [-0.25, -0.2) is 4.79 Å². The number of aryl methyl sites for hydroxylation is 1. The molecule has 0 aliphatic rings. The van der Waals surface area contributed by atoms with E-state index < -0.39 is 12.0 Å². The van der Waals surface area contributed by atoms with E-state index in [4.69, 9.17) is 11.6 Å². The van der Waals surface area contributed by atoms with Gasteiger partial charge in [-0.05, 0) is 13.8 Å². The smallest absolute Gasteiger partial charge is 0.360 e. The second-order valence-corrected chi connectivity index (χ2v) is 4.98. The number of carbonyl (C=O) groups excluding carboxylic acids is 2. The second kappa shape index (κ2) is 6.61. The minimum Gasteiger partial charge on any atom is -0.464 e. The van der Waals surface area contributed by atoms with Crippen molar-refractivity contribution in [1.29, 1.82) is 0 Å². The molecule has 0 aromatic carbocycles. The fourth-order valence-corrected chi connectivity index (χ4v) is 1.95. The highest BCUT2D eigenvalue weighted by atomic mass is 35.5. The predicted molar refractivity (Wildman–Crippen MR) is 79.8 cm³/mol. The molecule has 0 fully saturated rings. The highest BCUT2D eigenvalue weighted by Gasteiger charge is 2.22. The molecule has 2 aromatic heterocycles. The van der Waals surface area contributed by atoms with Crippen molar-refractivity contribution in [2.45, 2.75) is 26.4 Å². The number of amides is 1. The fraction of sp³-hybridized carbons (Fsp3) is 0.385. The molecular formula is C13H16ClN5O3. The Morgan fingerprint density at radius 3 is 2.73 bits per heavy atom. The summed E-state index contributed by atoms with van der Waals surface area (Å²) in [6.07, 6.45) is 4.57. The summed E-state index contributed by atoms with van der Waals surface area (Å²) in [4.78, 5) is 24.0. The van der Waals surface area contributed by atoms with Gasteiger partial charge in [0.2, 0.25) is 5.91 Å². The molecule has 0 radical (unpaired) electrons. The molecule has 0 spiro atoms. The van der Waals surface area contributed by atoms with Crippen molar-refractivity contribution in [2.75, 3.05) is 12.4 Å². The first-order chi connectivity index (χ1) is 10.5. The van der Waals surface area contributed by atoms with Crippen molar-refractivity contribution in [3.8, 4) is 0 Å². The largest absolute Gasteiger partial charge is 0.464 e. The molecule has 1 unspecified atom stereocenters. The summed E-state index contributed by atoms with van der Waals surface area (Å²) in [5.41, 5.74) is 0.354. The van der Waals surface area contributed by atoms with Crippen LogP contribution < -0.4 is 5.32 Å². The van der Waals surface area contributed by atoms with Crippen molar-refractivity contribution in [1.82, 2.24) is 19.6 Å². The first-order valence-electron chi connectivity index (χ1n) is 6.62. The number of hydrogen-bond donors (Lipinski definition) is 1. The first-order valence-corrected chi connectivity index (χ1v) is 7.00. The molecule has 0 bridgehead atoms. The van der Waals surface area contributed by atoms with Gasteiger partial charge in [0.25, 0.3) is 0 Å². The third-order valence-corrected chi connectivity index (χ3v) is 3.26. The summed E-state index contributed by atoms with van der Waals surface area (Å²) in [7, 11) is 1.26. The van der Waals surface area contributed by atoms with Crippen LogP contribution in [0, 0.1) is 0 Å². The van der Waals surface area contributed by atoms with Crippen LogP contribution in [0.4, 0.5) is 5.69 Å². The van der Waals surface area contributed by atoms with Crippen LogP contribution in [-0.4, -0.2) is 38.5 Å². The summed E-state index contributed by atoms with van der Waals surface area (Å²) in [5.74, 6) is -0.960. The summed E-state index contributed by atoms with van der Waals surface area (Å²) in [6, 6.07) is -0.594. The minimum absolute atomic E-state index is 0.0587. The van der Waals surface area contributed by atoms with Gasteiger partial charge in [0.1, 0.15) is 6.04 Å². The number of esters is 1. The minimum atomic E-state index is -0.614. The molecule has 118 valence electrons. The van der Waals surface area contributed by atoms with E-state index in [1.54, 1.807) is 19.3 Å². The van der Waals surface area contributed by atoms with E-state index in [9.17, 15) is 9.59 Å². The lowest BCUT2D eigenvalue weighted by molar-refractivity contribution is -0.119. The van der Waals surface area contributed by atoms with E-state index in [0.29, 0.717) is 17.3 Å². The van der Waals surface area contributed by atoms with Crippen molar-refractivity contribution >= 4 is 29.2 Å². The van der Waals surface area contributed by atoms with Crippen molar-refractivity contribution < 1.29 is 14.3 Å². The van der Waals surface area contributed by atoms with E-state index in [1.165, 1.54) is 22.7 Å². The molecule has 0 aliphatic heterocycles. The SMILES string of the molecule is CCn1cc(NC(=O)C(C)n2cc(Cl)cn2)c(C(=O)OC)n1. The molecule has 9 heteroatoms. The van der Waals surface area contributed by atoms with Gasteiger partial charge in [-0.1, -0.05) is 11.6 Å². The first kappa shape index (κ1) is 16.0. The quantitative estimate of drug-likeness (QED) is 0.845. The number of rotatable bonds is 5. The molecule has 2 rings (SSSR count). The Hall–Kier alpha value is -2.35. The van der Waals surface area contributed by atoms with Gasteiger partial charge in [-0.2, -0.15) is 10.2 Å². The van der Waals surface area contributed by atoms with Gasteiger partial charge in [0.05, 0.1) is 24.0 Å². The Kier molecular flexibility index (Phi) is 4.81. The number of aromatic nitrogens is 4. The lowest BCUT2D eigenvalue weighted by Crippen LogP contribution is -2.24. The van der Waals surface area contributed by atoms with E-state index >= 15 is 0 Å². The van der Waals surface area contributed by atoms with Gasteiger partial charge < -0.3 is 10.1 Å². The third-order valence-electron chi connectivity index (χ3n) is 3.07. The Labute approximate surface area is 132 Å². The van der Waals surface area contributed by atoms with Crippen molar-refractivity contribution in [3.63, 3.8) is 0 Å². The van der Waals surface area contributed by atoms with Crippen LogP contribution in [0.3, 0.4) is 0 Å². The van der Waals surface area contributed by atoms with Crippen LogP contribution >= 0.6 is 11.6 Å². The zero-order valence-electron chi connectivity index (χ0n) is 12.4. The standard InChI is InChI=1S/C13H16ClN5O3/c1-4-18-7-10(11(17-18)13(21)22-3)16-12(20)8(2)19-6-9(14)5-15-19/h5-8H,4H2,1-3H3,(H,16,20). The Morgan fingerprint density at radius 1 is 1.45 bits per heavy atom. The highest BCUT2D eigenvalue weighted by molar-refractivity contribution is 6.30. The van der Waals surface area contributed by atoms with Crippen LogP contribution in [0.5, 0.6) is 0 Å². The van der Waals surface area contributed by atoms with Crippen molar-refractivity contribution in [2.24, 2.45) is 0 Å². The third kappa shape index (κ3) is 3.28. The van der Waals surface area contributed by atoms with E-state index in [1.807, 2.05) is 6.92 Å². The molecule has 2 heterocycles. The molecule has 22 heavy (non-hydrogen) atoms. The lowest BCUT2D eigenvalue weighted by Gasteiger charge is -2.12. The molecule has 1 N–H and O–H groups in total. The highest BCUT2D eigenvalue weighted by Crippen LogP contribution is 2.18. The number of nitrogens with one attached hydrogen (secondary N) is 1. The molecular weight excluding hydrogens is 310 g/mol. The van der Waals surface area contributed by atoms with Crippen LogP contribution in [0.2, 0.25) is 5.02 Å². The van der Waals surface area contributed by atoms with Crippen LogP contribution in [-0.2, 0) is 16.1 Å². The monoisotopic (exact) mass is 325 g/mol. The van der Waals surface area contributed by atoms with E-state index in [0.717, 1.165) is 0 Å². The number of anilines is 1. The summed E-state index contributed by atoms with van der Waals surface area (Å²) in [5, 5.41) is 11.2. The average molecular weight is 326 g/mol. The zero-order chi connectivity index (χ0) is 16.3. The number of halogens is 1. The summed E-state index contributed by atoms with van der Waals surface area (Å²) >= 11 is 5.79. The second-order valence-electron chi connectivity index (χ2n) is 4.54. The normalized spacial score (nSPS) is 12.0. The summed E-state index contributed by atoms with van der Waals surface area (Å²) < 4.78 is 7.63. The number of carbonyl (C=O) groups is 2. The van der Waals surface area contributed by atoms with Crippen LogP contribution in [0.25, 0.3) is 0 Å². The maximum atomic E-state index is 12.3. The maximum absolute atomic E-state index is 12.3. The van der Waals surface area contributed by atoms with Gasteiger partial charge in [0, 0.05) is 18.9 Å². The van der Waals surface area contributed by atoms with E-state index in [-0.39, 0.29) is 11.6 Å². The Balaban J connectivity index is 2.20. The molecule has 8 nitrogen and oxygen atoms in total. The van der Waals surface area contributed by atoms with Gasteiger partial charge in [-0.15, -0.1) is 0 Å². The number of ether oxygens (including phenoxy) is 1. The average Bonchev–Trinajstić information content (AvgIpc) is 3.11. The number of methoxy groups -OCH3 is 1. The van der Waals surface area contributed by atoms with Gasteiger partial charge in [-0.3, -0.25) is 14.2 Å². The molecule has 0 aliphatic carbocycles. The topological polar surface area (TPSA) is 91.0 Å². The fourth-order valence-electron chi connectivity index (χ4n) is 1.81. The van der Waals surface area contributed by atoms with Gasteiger partial charge >= 0.3 is 5.97 Å². The molecule has 0 saturated carbocycles. The lowest BCUT2D eigenvalue weighted by atomic mass is 10.3. The predicted octanol–water partition coefficient (Wildman–Crippen LogP) is 1.74. The number of nitrogens with zero attached hydrogens (tertiary/aromatic N) is 4. The van der Waals surface area contributed by atoms with Crippen LogP contribution in [0.15, 0.2) is 18.6 Å². The zero-order valence-corrected chi connectivity index (χ0v) is 13.2. The summed E-state index contributed by atoms with van der Waals surface area (Å²) in [6.45, 7) is 4.10. The Bertz CT molecular complexity index is 694. The molecule has 1 atom stereocenters. The van der Waals surface area contributed by atoms with Crippen LogP contribution in [0.1, 0.15) is 30.4 Å². The molecule has 2 aromatic rings.